The Bertz CT molecular complexity index is 867. The smallest absolute Gasteiger partial charge is 0.408 e. The highest BCUT2D eigenvalue weighted by Gasteiger charge is 2.42. The summed E-state index contributed by atoms with van der Waals surface area (Å²) in [5, 5.41) is 5.76. The molecule has 0 aromatic heterocycles. The number of hydrogen-bond donors (Lipinski definition) is 2. The summed E-state index contributed by atoms with van der Waals surface area (Å²) in [4.78, 5) is 42.0. The fraction of sp³-hybridized carbons (Fsp3) is 0.667. The van der Waals surface area contributed by atoms with E-state index in [4.69, 9.17) is 4.74 Å². The van der Waals surface area contributed by atoms with Gasteiger partial charge in [0.25, 0.3) is 0 Å². The first-order chi connectivity index (χ1) is 16.0. The Kier molecular flexibility index (Phi) is 11.1. The summed E-state index contributed by atoms with van der Waals surface area (Å²) in [5.41, 5.74) is 1.36. The van der Waals surface area contributed by atoms with Crippen LogP contribution >= 0.6 is 11.8 Å². The van der Waals surface area contributed by atoms with Crippen LogP contribution < -0.4 is 10.6 Å². The molecule has 0 radical (unpaired) electrons. The molecule has 0 bridgehead atoms. The number of rotatable bonds is 9. The molecule has 2 atom stereocenters. The summed E-state index contributed by atoms with van der Waals surface area (Å²) in [7, 11) is 0. The maximum Gasteiger partial charge on any atom is 0.408 e. The van der Waals surface area contributed by atoms with Gasteiger partial charge in [0.15, 0.2) is 0 Å². The van der Waals surface area contributed by atoms with Crippen LogP contribution in [0, 0.1) is 13.8 Å². The van der Waals surface area contributed by atoms with E-state index in [2.05, 4.69) is 10.6 Å². The summed E-state index contributed by atoms with van der Waals surface area (Å²) in [6, 6.07) is 4.14. The van der Waals surface area contributed by atoms with Gasteiger partial charge in [0.2, 0.25) is 11.8 Å². The summed E-state index contributed by atoms with van der Waals surface area (Å²) in [5.74, 6) is 0.0889. The molecule has 3 amide bonds. The lowest BCUT2D eigenvalue weighted by molar-refractivity contribution is -0.148. The number of ether oxygens (including phenoxy) is 1. The average molecular weight is 508 g/mol. The number of aryl methyl sites for hydroxylation is 2. The van der Waals surface area contributed by atoms with Crippen LogP contribution in [0.2, 0.25) is 0 Å². The maximum atomic E-state index is 14.1. The van der Waals surface area contributed by atoms with E-state index in [9.17, 15) is 14.4 Å². The molecule has 8 heteroatoms. The molecule has 0 saturated heterocycles. The molecule has 1 aromatic rings. The van der Waals surface area contributed by atoms with E-state index in [0.717, 1.165) is 16.7 Å². The topological polar surface area (TPSA) is 87.7 Å². The van der Waals surface area contributed by atoms with Crippen molar-refractivity contribution in [2.75, 3.05) is 12.0 Å². The number of alkyl carbamates (subject to hydrolysis) is 1. The average Bonchev–Trinajstić information content (AvgIpc) is 2.64. The molecule has 2 N–H and O–H groups in total. The molecule has 35 heavy (non-hydrogen) atoms. The van der Waals surface area contributed by atoms with Gasteiger partial charge in [0.05, 0.1) is 0 Å². The second-order valence-electron chi connectivity index (χ2n) is 11.3. The third kappa shape index (κ3) is 10.1. The van der Waals surface area contributed by atoms with Crippen LogP contribution in [0.5, 0.6) is 0 Å². The zero-order valence-corrected chi connectivity index (χ0v) is 24.2. The Morgan fingerprint density at radius 3 is 1.94 bits per heavy atom. The van der Waals surface area contributed by atoms with Crippen LogP contribution in [0.1, 0.15) is 84.5 Å². The van der Waals surface area contributed by atoms with Gasteiger partial charge in [-0.1, -0.05) is 29.3 Å². The van der Waals surface area contributed by atoms with Crippen molar-refractivity contribution in [3.05, 3.63) is 34.9 Å². The van der Waals surface area contributed by atoms with Gasteiger partial charge < -0.3 is 20.3 Å². The van der Waals surface area contributed by atoms with Crippen molar-refractivity contribution in [1.82, 2.24) is 15.5 Å². The van der Waals surface area contributed by atoms with Crippen molar-refractivity contribution >= 4 is 29.7 Å². The van der Waals surface area contributed by atoms with Crippen LogP contribution in [0.3, 0.4) is 0 Å². The Labute approximate surface area is 216 Å². The number of benzene rings is 1. The minimum Gasteiger partial charge on any atom is -0.444 e. The number of thioether (sulfide) groups is 1. The summed E-state index contributed by atoms with van der Waals surface area (Å²) < 4.78 is 5.43. The molecule has 0 spiro atoms. The molecule has 1 rings (SSSR count). The molecular weight excluding hydrogens is 462 g/mol. The summed E-state index contributed by atoms with van der Waals surface area (Å²) in [6.45, 7) is 18.8. The summed E-state index contributed by atoms with van der Waals surface area (Å²) >= 11 is 1.59. The normalized spacial score (nSPS) is 13.7. The number of nitrogens with one attached hydrogen (secondary N) is 2. The minimum absolute atomic E-state index is 0.0972. The molecule has 2 unspecified atom stereocenters. The van der Waals surface area contributed by atoms with Gasteiger partial charge in [-0.3, -0.25) is 9.59 Å². The van der Waals surface area contributed by atoms with E-state index < -0.39 is 29.3 Å². The standard InChI is InChI=1S/C27H45N3O4S/c1-17(2)28-23(31)22(20-15-18(3)14-19(4)16-20)30(26(5,6)7)24(32)21(12-13-35-11)29-25(33)34-27(8,9)10/h14-17,21-22H,12-13H2,1-11H3,(H,28,31)(H,29,33). The second-order valence-corrected chi connectivity index (χ2v) is 12.3. The Morgan fingerprint density at radius 1 is 0.971 bits per heavy atom. The lowest BCUT2D eigenvalue weighted by atomic mass is 9.93. The fourth-order valence-electron chi connectivity index (χ4n) is 3.90. The zero-order chi connectivity index (χ0) is 27.1. The van der Waals surface area contributed by atoms with Crippen molar-refractivity contribution in [2.24, 2.45) is 0 Å². The molecule has 0 aliphatic carbocycles. The van der Waals surface area contributed by atoms with Gasteiger partial charge in [-0.05, 0) is 93.2 Å². The van der Waals surface area contributed by atoms with Gasteiger partial charge >= 0.3 is 6.09 Å². The molecular formula is C27H45N3O4S. The molecule has 1 aromatic carbocycles. The first-order valence-corrected chi connectivity index (χ1v) is 13.6. The largest absolute Gasteiger partial charge is 0.444 e. The molecule has 198 valence electrons. The van der Waals surface area contributed by atoms with Crippen LogP contribution in [0.15, 0.2) is 18.2 Å². The number of hydrogen-bond acceptors (Lipinski definition) is 5. The minimum atomic E-state index is -0.860. The van der Waals surface area contributed by atoms with Crippen LogP contribution in [0.25, 0.3) is 0 Å². The van der Waals surface area contributed by atoms with Crippen molar-refractivity contribution in [3.8, 4) is 0 Å². The molecule has 7 nitrogen and oxygen atoms in total. The number of carbonyl (C=O) groups excluding carboxylic acids is 3. The Hall–Kier alpha value is -2.22. The third-order valence-corrected chi connectivity index (χ3v) is 5.70. The lowest BCUT2D eigenvalue weighted by Crippen LogP contribution is -2.59. The van der Waals surface area contributed by atoms with Crippen molar-refractivity contribution in [1.29, 1.82) is 0 Å². The lowest BCUT2D eigenvalue weighted by Gasteiger charge is -2.43. The van der Waals surface area contributed by atoms with E-state index in [0.29, 0.717) is 12.2 Å². The van der Waals surface area contributed by atoms with Gasteiger partial charge in [0.1, 0.15) is 17.7 Å². The van der Waals surface area contributed by atoms with Gasteiger partial charge in [-0.2, -0.15) is 11.8 Å². The Morgan fingerprint density at radius 2 is 1.51 bits per heavy atom. The number of nitrogens with zero attached hydrogens (tertiary/aromatic N) is 1. The van der Waals surface area contributed by atoms with Crippen LogP contribution in [0.4, 0.5) is 4.79 Å². The van der Waals surface area contributed by atoms with Gasteiger partial charge in [-0.15, -0.1) is 0 Å². The van der Waals surface area contributed by atoms with Crippen LogP contribution in [-0.4, -0.2) is 58.0 Å². The maximum absolute atomic E-state index is 14.1. The highest BCUT2D eigenvalue weighted by molar-refractivity contribution is 7.98. The van der Waals surface area contributed by atoms with Crippen molar-refractivity contribution in [3.63, 3.8) is 0 Å². The Balaban J connectivity index is 3.59. The van der Waals surface area contributed by atoms with E-state index >= 15 is 0 Å². The second kappa shape index (κ2) is 12.7. The fourth-order valence-corrected chi connectivity index (χ4v) is 4.38. The van der Waals surface area contributed by atoms with Gasteiger partial charge in [-0.25, -0.2) is 4.79 Å². The van der Waals surface area contributed by atoms with Gasteiger partial charge in [0, 0.05) is 11.6 Å². The summed E-state index contributed by atoms with van der Waals surface area (Å²) in [6.07, 6.45) is 1.71. The first kappa shape index (κ1) is 30.8. The predicted molar refractivity (Wildman–Crippen MR) is 145 cm³/mol. The zero-order valence-electron chi connectivity index (χ0n) is 23.4. The monoisotopic (exact) mass is 507 g/mol. The van der Waals surface area contributed by atoms with E-state index in [-0.39, 0.29) is 17.9 Å². The first-order valence-electron chi connectivity index (χ1n) is 12.2. The molecule has 0 aliphatic heterocycles. The molecule has 0 fully saturated rings. The van der Waals surface area contributed by atoms with E-state index in [1.165, 1.54) is 0 Å². The highest BCUT2D eigenvalue weighted by atomic mass is 32.2. The van der Waals surface area contributed by atoms with Crippen molar-refractivity contribution in [2.45, 2.75) is 105 Å². The SMILES string of the molecule is CSCCC(NC(=O)OC(C)(C)C)C(=O)N(C(C(=O)NC(C)C)c1cc(C)cc(C)c1)C(C)(C)C. The van der Waals surface area contributed by atoms with Crippen molar-refractivity contribution < 1.29 is 19.1 Å². The molecule has 0 saturated carbocycles. The molecule has 0 aliphatic rings. The van der Waals surface area contributed by atoms with E-state index in [1.807, 2.05) is 72.9 Å². The number of amides is 3. The highest BCUT2D eigenvalue weighted by Crippen LogP contribution is 2.31. The molecule has 0 heterocycles. The third-order valence-electron chi connectivity index (χ3n) is 5.06. The number of carbonyl (C=O) groups is 3. The predicted octanol–water partition coefficient (Wildman–Crippen LogP) is 5.14. The van der Waals surface area contributed by atoms with Crippen LogP contribution in [-0.2, 0) is 14.3 Å². The quantitative estimate of drug-likeness (QED) is 0.483. The van der Waals surface area contributed by atoms with E-state index in [1.54, 1.807) is 37.4 Å².